The summed E-state index contributed by atoms with van der Waals surface area (Å²) in [4.78, 5) is 25.8. The number of carbonyl (C=O) groups excluding carboxylic acids is 2. The van der Waals surface area contributed by atoms with E-state index in [1.165, 1.54) is 0 Å². The molecule has 2 aromatic carbocycles. The summed E-state index contributed by atoms with van der Waals surface area (Å²) in [6.07, 6.45) is 0.259. The Bertz CT molecular complexity index is 763. The molecule has 7 heteroatoms. The normalized spacial score (nSPS) is 16.8. The molecule has 2 amide bonds. The lowest BCUT2D eigenvalue weighted by Gasteiger charge is -2.17. The Balaban J connectivity index is 1.51. The highest BCUT2D eigenvalue weighted by atomic mass is 35.5. The predicted molar refractivity (Wildman–Crippen MR) is 97.3 cm³/mol. The smallest absolute Gasteiger partial charge is 0.258 e. The van der Waals surface area contributed by atoms with Gasteiger partial charge < -0.3 is 15.0 Å². The Labute approximate surface area is 155 Å². The molecule has 130 valence electrons. The SMILES string of the molecule is O=C(COc1ccc(Cl)cc1)N[C@H]1CC(=O)N(c2ccc(Cl)cc2)C1. The summed E-state index contributed by atoms with van der Waals surface area (Å²) in [5.41, 5.74) is 0.767. The van der Waals surface area contributed by atoms with E-state index in [4.69, 9.17) is 27.9 Å². The maximum Gasteiger partial charge on any atom is 0.258 e. The molecule has 2 aromatic rings. The first kappa shape index (κ1) is 17.6. The second-order valence-electron chi connectivity index (χ2n) is 5.69. The third-order valence-electron chi connectivity index (χ3n) is 3.81. The van der Waals surface area contributed by atoms with Crippen LogP contribution in [0.5, 0.6) is 5.75 Å². The van der Waals surface area contributed by atoms with Gasteiger partial charge in [-0.1, -0.05) is 23.2 Å². The first-order chi connectivity index (χ1) is 12.0. The summed E-state index contributed by atoms with van der Waals surface area (Å²) < 4.78 is 5.40. The monoisotopic (exact) mass is 378 g/mol. The Morgan fingerprint density at radius 1 is 1.08 bits per heavy atom. The highest BCUT2D eigenvalue weighted by Crippen LogP contribution is 2.23. The minimum atomic E-state index is -0.272. The molecular formula is C18H16Cl2N2O3. The van der Waals surface area contributed by atoms with Gasteiger partial charge in [0.1, 0.15) is 5.75 Å². The molecule has 1 aliphatic heterocycles. The van der Waals surface area contributed by atoms with Crippen LogP contribution in [0.3, 0.4) is 0 Å². The summed E-state index contributed by atoms with van der Waals surface area (Å²) in [6.45, 7) is 0.306. The molecule has 0 unspecified atom stereocenters. The Morgan fingerprint density at radius 3 is 2.32 bits per heavy atom. The number of ether oxygens (including phenoxy) is 1. The second-order valence-corrected chi connectivity index (χ2v) is 6.56. The molecule has 1 fully saturated rings. The van der Waals surface area contributed by atoms with Gasteiger partial charge in [-0.3, -0.25) is 9.59 Å². The van der Waals surface area contributed by atoms with E-state index in [0.717, 1.165) is 5.69 Å². The van der Waals surface area contributed by atoms with Crippen molar-refractivity contribution in [3.8, 4) is 5.75 Å². The van der Waals surface area contributed by atoms with Crippen LogP contribution in [-0.2, 0) is 9.59 Å². The van der Waals surface area contributed by atoms with Crippen LogP contribution in [0.2, 0.25) is 10.0 Å². The molecule has 0 spiro atoms. The maximum absolute atomic E-state index is 12.2. The molecule has 5 nitrogen and oxygen atoms in total. The minimum Gasteiger partial charge on any atom is -0.484 e. The summed E-state index contributed by atoms with van der Waals surface area (Å²) >= 11 is 11.7. The van der Waals surface area contributed by atoms with Crippen LogP contribution in [-0.4, -0.2) is 31.0 Å². The van der Waals surface area contributed by atoms with E-state index < -0.39 is 0 Å². The number of anilines is 1. The number of nitrogens with zero attached hydrogens (tertiary/aromatic N) is 1. The van der Waals surface area contributed by atoms with Crippen molar-refractivity contribution in [1.82, 2.24) is 5.32 Å². The van der Waals surface area contributed by atoms with E-state index >= 15 is 0 Å². The summed E-state index contributed by atoms with van der Waals surface area (Å²) in [7, 11) is 0. The fraction of sp³-hybridized carbons (Fsp3) is 0.222. The second kappa shape index (κ2) is 7.76. The average Bonchev–Trinajstić information content (AvgIpc) is 2.95. The number of halogens is 2. The lowest BCUT2D eigenvalue weighted by Crippen LogP contribution is -2.39. The zero-order chi connectivity index (χ0) is 17.8. The molecule has 1 aliphatic rings. The molecule has 1 N–H and O–H groups in total. The number of hydrogen-bond donors (Lipinski definition) is 1. The molecule has 1 atom stereocenters. The standard InChI is InChI=1S/C18H16Cl2N2O3/c19-12-1-5-15(6-2-12)22-10-14(9-18(22)24)21-17(23)11-25-16-7-3-13(20)4-8-16/h1-8,14H,9-11H2,(H,21,23)/t14-/m0/s1. The van der Waals surface area contributed by atoms with Crippen LogP contribution in [0.25, 0.3) is 0 Å². The zero-order valence-electron chi connectivity index (χ0n) is 13.2. The van der Waals surface area contributed by atoms with Gasteiger partial charge in [0.25, 0.3) is 5.91 Å². The highest BCUT2D eigenvalue weighted by Gasteiger charge is 2.31. The minimum absolute atomic E-state index is 0.0359. The number of nitrogens with one attached hydrogen (secondary N) is 1. The third kappa shape index (κ3) is 4.65. The van der Waals surface area contributed by atoms with Gasteiger partial charge in [-0.2, -0.15) is 0 Å². The van der Waals surface area contributed by atoms with E-state index in [-0.39, 0.29) is 30.9 Å². The van der Waals surface area contributed by atoms with E-state index in [9.17, 15) is 9.59 Å². The molecule has 25 heavy (non-hydrogen) atoms. The summed E-state index contributed by atoms with van der Waals surface area (Å²) in [5.74, 6) is 0.252. The highest BCUT2D eigenvalue weighted by molar-refractivity contribution is 6.30. The average molecular weight is 379 g/mol. The van der Waals surface area contributed by atoms with E-state index in [0.29, 0.717) is 22.3 Å². The first-order valence-electron chi connectivity index (χ1n) is 7.75. The Morgan fingerprint density at radius 2 is 1.68 bits per heavy atom. The molecule has 0 bridgehead atoms. The zero-order valence-corrected chi connectivity index (χ0v) is 14.8. The number of hydrogen-bond acceptors (Lipinski definition) is 3. The molecular weight excluding hydrogens is 363 g/mol. The fourth-order valence-electron chi connectivity index (χ4n) is 2.62. The number of benzene rings is 2. The first-order valence-corrected chi connectivity index (χ1v) is 8.50. The molecule has 0 saturated carbocycles. The van der Waals surface area contributed by atoms with Gasteiger partial charge in [-0.25, -0.2) is 0 Å². The Hall–Kier alpha value is -2.24. The van der Waals surface area contributed by atoms with Gasteiger partial charge in [0.2, 0.25) is 5.91 Å². The van der Waals surface area contributed by atoms with Gasteiger partial charge in [0.05, 0.1) is 6.04 Å². The third-order valence-corrected chi connectivity index (χ3v) is 4.32. The number of carbonyl (C=O) groups is 2. The molecule has 0 aromatic heterocycles. The Kier molecular flexibility index (Phi) is 5.46. The lowest BCUT2D eigenvalue weighted by molar-refractivity contribution is -0.123. The fourth-order valence-corrected chi connectivity index (χ4v) is 2.88. The van der Waals surface area contributed by atoms with Gasteiger partial charge >= 0.3 is 0 Å². The van der Waals surface area contributed by atoms with E-state index in [2.05, 4.69) is 5.32 Å². The van der Waals surface area contributed by atoms with Crippen molar-refractivity contribution in [2.45, 2.75) is 12.5 Å². The number of amides is 2. The number of rotatable bonds is 5. The quantitative estimate of drug-likeness (QED) is 0.868. The summed E-state index contributed by atoms with van der Waals surface area (Å²) in [6, 6.07) is 13.6. The largest absolute Gasteiger partial charge is 0.484 e. The summed E-state index contributed by atoms with van der Waals surface area (Å²) in [5, 5.41) is 4.03. The van der Waals surface area contributed by atoms with Crippen molar-refractivity contribution in [2.24, 2.45) is 0 Å². The van der Waals surface area contributed by atoms with Crippen LogP contribution >= 0.6 is 23.2 Å². The van der Waals surface area contributed by atoms with Crippen molar-refractivity contribution >= 4 is 40.7 Å². The van der Waals surface area contributed by atoms with Gasteiger partial charge in [0, 0.05) is 28.7 Å². The topological polar surface area (TPSA) is 58.6 Å². The van der Waals surface area contributed by atoms with Crippen molar-refractivity contribution in [2.75, 3.05) is 18.1 Å². The van der Waals surface area contributed by atoms with Crippen molar-refractivity contribution < 1.29 is 14.3 Å². The molecule has 0 aliphatic carbocycles. The molecule has 0 radical (unpaired) electrons. The lowest BCUT2D eigenvalue weighted by atomic mass is 10.2. The van der Waals surface area contributed by atoms with E-state index in [1.807, 2.05) is 0 Å². The molecule has 1 saturated heterocycles. The van der Waals surface area contributed by atoms with Crippen LogP contribution in [0.4, 0.5) is 5.69 Å². The van der Waals surface area contributed by atoms with Crippen molar-refractivity contribution in [3.63, 3.8) is 0 Å². The molecule has 3 rings (SSSR count). The van der Waals surface area contributed by atoms with Crippen LogP contribution < -0.4 is 15.0 Å². The van der Waals surface area contributed by atoms with Crippen molar-refractivity contribution in [1.29, 1.82) is 0 Å². The van der Waals surface area contributed by atoms with Gasteiger partial charge in [-0.15, -0.1) is 0 Å². The van der Waals surface area contributed by atoms with Crippen LogP contribution in [0.1, 0.15) is 6.42 Å². The van der Waals surface area contributed by atoms with Crippen molar-refractivity contribution in [3.05, 3.63) is 58.6 Å². The predicted octanol–water partition coefficient (Wildman–Crippen LogP) is 3.29. The maximum atomic E-state index is 12.2. The van der Waals surface area contributed by atoms with Gasteiger partial charge in [-0.05, 0) is 48.5 Å². The van der Waals surface area contributed by atoms with Crippen LogP contribution in [0.15, 0.2) is 48.5 Å². The van der Waals surface area contributed by atoms with Gasteiger partial charge in [0.15, 0.2) is 6.61 Å². The van der Waals surface area contributed by atoms with Crippen LogP contribution in [0, 0.1) is 0 Å². The molecule has 1 heterocycles. The van der Waals surface area contributed by atoms with E-state index in [1.54, 1.807) is 53.4 Å².